The van der Waals surface area contributed by atoms with Crippen LogP contribution in [0.2, 0.25) is 0 Å². The fourth-order valence-electron chi connectivity index (χ4n) is 1.52. The highest BCUT2D eigenvalue weighted by Gasteiger charge is 2.18. The van der Waals surface area contributed by atoms with Gasteiger partial charge in [0.05, 0.1) is 0 Å². The summed E-state index contributed by atoms with van der Waals surface area (Å²) in [6, 6.07) is 5.54. The van der Waals surface area contributed by atoms with Gasteiger partial charge >= 0.3 is 0 Å². The van der Waals surface area contributed by atoms with Gasteiger partial charge in [-0.3, -0.25) is 0 Å². The van der Waals surface area contributed by atoms with Crippen LogP contribution in [0.25, 0.3) is 0 Å². The molecule has 58 valence electrons. The Bertz CT molecular complexity index is 283. The van der Waals surface area contributed by atoms with Gasteiger partial charge in [-0.2, -0.15) is 0 Å². The van der Waals surface area contributed by atoms with Crippen molar-refractivity contribution < 1.29 is 4.39 Å². The van der Waals surface area contributed by atoms with Gasteiger partial charge in [0, 0.05) is 17.3 Å². The summed E-state index contributed by atoms with van der Waals surface area (Å²) in [5, 5.41) is 3.20. The number of halogens is 1. The first-order chi connectivity index (χ1) is 5.27. The first kappa shape index (κ1) is 6.65. The van der Waals surface area contributed by atoms with E-state index in [2.05, 4.69) is 12.2 Å². The highest BCUT2D eigenvalue weighted by Crippen LogP contribution is 2.27. The van der Waals surface area contributed by atoms with Crippen molar-refractivity contribution in [2.24, 2.45) is 0 Å². The van der Waals surface area contributed by atoms with Crippen LogP contribution >= 0.6 is 0 Å². The second kappa shape index (κ2) is 2.22. The smallest absolute Gasteiger partial charge is 0.128 e. The molecular formula is C9H10FN. The summed E-state index contributed by atoms with van der Waals surface area (Å²) >= 11 is 0. The minimum Gasteiger partial charge on any atom is -0.382 e. The fraction of sp³-hybridized carbons (Fsp3) is 0.333. The number of nitrogens with one attached hydrogen (secondary N) is 1. The number of benzene rings is 1. The minimum absolute atomic E-state index is 0.0839. The van der Waals surface area contributed by atoms with Gasteiger partial charge in [-0.05, 0) is 25.5 Å². The number of hydrogen-bond acceptors (Lipinski definition) is 1. The summed E-state index contributed by atoms with van der Waals surface area (Å²) < 4.78 is 13.0. The van der Waals surface area contributed by atoms with Gasteiger partial charge < -0.3 is 5.32 Å². The van der Waals surface area contributed by atoms with Crippen LogP contribution in [-0.2, 0) is 6.42 Å². The average Bonchev–Trinajstić information content (AvgIpc) is 2.31. The van der Waals surface area contributed by atoms with E-state index in [-0.39, 0.29) is 5.82 Å². The zero-order valence-electron chi connectivity index (χ0n) is 6.39. The molecule has 1 aromatic carbocycles. The van der Waals surface area contributed by atoms with Gasteiger partial charge in [0.15, 0.2) is 0 Å². The van der Waals surface area contributed by atoms with E-state index in [9.17, 15) is 4.39 Å². The second-order valence-electron chi connectivity index (χ2n) is 3.02. The van der Waals surface area contributed by atoms with Crippen LogP contribution in [0.1, 0.15) is 12.5 Å². The molecule has 0 saturated carbocycles. The lowest BCUT2D eigenvalue weighted by atomic mass is 10.1. The van der Waals surface area contributed by atoms with Crippen LogP contribution in [0.3, 0.4) is 0 Å². The van der Waals surface area contributed by atoms with Crippen LogP contribution in [0.4, 0.5) is 10.1 Å². The van der Waals surface area contributed by atoms with Crippen molar-refractivity contribution >= 4 is 5.69 Å². The summed E-state index contributed by atoms with van der Waals surface area (Å²) in [7, 11) is 0. The maximum Gasteiger partial charge on any atom is 0.128 e. The maximum atomic E-state index is 13.0. The van der Waals surface area contributed by atoms with Crippen molar-refractivity contribution in [1.29, 1.82) is 0 Å². The Hall–Kier alpha value is -1.05. The molecule has 1 aliphatic rings. The molecule has 2 rings (SSSR count). The molecule has 0 bridgehead atoms. The standard InChI is InChI=1S/C9H10FN/c1-6-5-7-8(10)3-2-4-9(7)11-6/h2-4,6,11H,5H2,1H3/t6-/m1/s1. The summed E-state index contributed by atoms with van der Waals surface area (Å²) in [6.07, 6.45) is 0.808. The van der Waals surface area contributed by atoms with Gasteiger partial charge in [0.25, 0.3) is 0 Å². The van der Waals surface area contributed by atoms with Crippen molar-refractivity contribution in [1.82, 2.24) is 0 Å². The zero-order valence-corrected chi connectivity index (χ0v) is 6.39. The molecule has 0 radical (unpaired) electrons. The summed E-state index contributed by atoms with van der Waals surface area (Å²) in [5.41, 5.74) is 1.79. The SMILES string of the molecule is C[C@@H]1Cc2c(F)cccc2N1. The van der Waals surface area contributed by atoms with Crippen molar-refractivity contribution in [2.75, 3.05) is 5.32 Å². The van der Waals surface area contributed by atoms with Crippen LogP contribution in [0.5, 0.6) is 0 Å². The third-order valence-corrected chi connectivity index (χ3v) is 2.03. The Labute approximate surface area is 65.2 Å². The molecule has 0 amide bonds. The van der Waals surface area contributed by atoms with E-state index < -0.39 is 0 Å². The summed E-state index contributed by atoms with van der Waals surface area (Å²) in [5.74, 6) is -0.0839. The molecule has 0 aromatic heterocycles. The average molecular weight is 151 g/mol. The Balaban J connectivity index is 2.49. The predicted octanol–water partition coefficient (Wildman–Crippen LogP) is 2.18. The molecule has 1 heterocycles. The molecule has 0 spiro atoms. The molecule has 0 fully saturated rings. The van der Waals surface area contributed by atoms with Crippen molar-refractivity contribution in [3.8, 4) is 0 Å². The Morgan fingerprint density at radius 1 is 1.55 bits per heavy atom. The number of anilines is 1. The highest BCUT2D eigenvalue weighted by molar-refractivity contribution is 5.56. The highest BCUT2D eigenvalue weighted by atomic mass is 19.1. The lowest BCUT2D eigenvalue weighted by Crippen LogP contribution is -2.08. The van der Waals surface area contributed by atoms with Crippen LogP contribution in [0.15, 0.2) is 18.2 Å². The fourth-order valence-corrected chi connectivity index (χ4v) is 1.52. The van der Waals surface area contributed by atoms with Crippen molar-refractivity contribution in [3.05, 3.63) is 29.6 Å². The Morgan fingerprint density at radius 3 is 3.09 bits per heavy atom. The summed E-state index contributed by atoms with van der Waals surface area (Å²) in [4.78, 5) is 0. The van der Waals surface area contributed by atoms with E-state index in [4.69, 9.17) is 0 Å². The van der Waals surface area contributed by atoms with Crippen molar-refractivity contribution in [2.45, 2.75) is 19.4 Å². The maximum absolute atomic E-state index is 13.0. The molecule has 1 atom stereocenters. The number of fused-ring (bicyclic) bond motifs is 1. The monoisotopic (exact) mass is 151 g/mol. The molecule has 0 saturated heterocycles. The molecular weight excluding hydrogens is 141 g/mol. The van der Waals surface area contributed by atoms with Gasteiger partial charge in [-0.25, -0.2) is 4.39 Å². The molecule has 2 heteroatoms. The van der Waals surface area contributed by atoms with E-state index >= 15 is 0 Å². The number of rotatable bonds is 0. The topological polar surface area (TPSA) is 12.0 Å². The largest absolute Gasteiger partial charge is 0.382 e. The van der Waals surface area contributed by atoms with E-state index in [1.165, 1.54) is 6.07 Å². The Morgan fingerprint density at radius 2 is 2.36 bits per heavy atom. The van der Waals surface area contributed by atoms with Gasteiger partial charge in [-0.15, -0.1) is 0 Å². The lowest BCUT2D eigenvalue weighted by Gasteiger charge is -2.00. The third kappa shape index (κ3) is 0.985. The predicted molar refractivity (Wildman–Crippen MR) is 43.2 cm³/mol. The molecule has 0 unspecified atom stereocenters. The van der Waals surface area contributed by atoms with Crippen LogP contribution in [0, 0.1) is 5.82 Å². The van der Waals surface area contributed by atoms with E-state index in [1.807, 2.05) is 6.07 Å². The van der Waals surface area contributed by atoms with Crippen LogP contribution < -0.4 is 5.32 Å². The minimum atomic E-state index is -0.0839. The summed E-state index contributed by atoms with van der Waals surface area (Å²) in [6.45, 7) is 2.06. The molecule has 11 heavy (non-hydrogen) atoms. The molecule has 1 nitrogen and oxygen atoms in total. The molecule has 1 aromatic rings. The van der Waals surface area contributed by atoms with Gasteiger partial charge in [0.1, 0.15) is 5.82 Å². The van der Waals surface area contributed by atoms with Gasteiger partial charge in [-0.1, -0.05) is 6.07 Å². The second-order valence-corrected chi connectivity index (χ2v) is 3.02. The van der Waals surface area contributed by atoms with E-state index in [1.54, 1.807) is 6.07 Å². The molecule has 0 aliphatic carbocycles. The third-order valence-electron chi connectivity index (χ3n) is 2.03. The normalized spacial score (nSPS) is 21.1. The Kier molecular flexibility index (Phi) is 1.34. The van der Waals surface area contributed by atoms with E-state index in [0.717, 1.165) is 17.7 Å². The van der Waals surface area contributed by atoms with Crippen molar-refractivity contribution in [3.63, 3.8) is 0 Å². The zero-order chi connectivity index (χ0) is 7.84. The van der Waals surface area contributed by atoms with Crippen LogP contribution in [-0.4, -0.2) is 6.04 Å². The first-order valence-electron chi connectivity index (χ1n) is 3.81. The lowest BCUT2D eigenvalue weighted by molar-refractivity contribution is 0.611. The number of hydrogen-bond donors (Lipinski definition) is 1. The quantitative estimate of drug-likeness (QED) is 0.599. The van der Waals surface area contributed by atoms with Gasteiger partial charge in [0.2, 0.25) is 0 Å². The molecule has 1 aliphatic heterocycles. The first-order valence-corrected chi connectivity index (χ1v) is 3.81. The van der Waals surface area contributed by atoms with E-state index in [0.29, 0.717) is 6.04 Å². The molecule has 1 N–H and O–H groups in total.